The maximum Gasteiger partial charge on any atom is 0.258 e. The van der Waals surface area contributed by atoms with Crippen molar-refractivity contribution in [3.63, 3.8) is 0 Å². The van der Waals surface area contributed by atoms with Crippen molar-refractivity contribution < 1.29 is 4.79 Å². The number of aryl methyl sites for hydroxylation is 2. The van der Waals surface area contributed by atoms with Crippen LogP contribution < -0.4 is 0 Å². The Morgan fingerprint density at radius 1 is 1.21 bits per heavy atom. The van der Waals surface area contributed by atoms with Gasteiger partial charge in [0.05, 0.1) is 17.8 Å². The lowest BCUT2D eigenvalue weighted by Gasteiger charge is -2.30. The first-order valence-electron chi connectivity index (χ1n) is 8.53. The molecule has 0 aliphatic carbocycles. The Hall–Kier alpha value is -1.81. The summed E-state index contributed by atoms with van der Waals surface area (Å²) in [5, 5.41) is 4.94. The molecule has 1 fully saturated rings. The molecular weight excluding hydrogens is 322 g/mol. The van der Waals surface area contributed by atoms with Crippen LogP contribution in [0.3, 0.4) is 0 Å². The molecule has 2 aromatic rings. The van der Waals surface area contributed by atoms with Gasteiger partial charge in [0.2, 0.25) is 0 Å². The van der Waals surface area contributed by atoms with Crippen LogP contribution in [0.1, 0.15) is 46.9 Å². The van der Waals surface area contributed by atoms with E-state index < -0.39 is 0 Å². The fourth-order valence-corrected chi connectivity index (χ4v) is 3.45. The van der Waals surface area contributed by atoms with Crippen LogP contribution in [0.2, 0.25) is 5.15 Å². The smallest absolute Gasteiger partial charge is 0.258 e. The van der Waals surface area contributed by atoms with E-state index in [1.807, 2.05) is 11.8 Å². The van der Waals surface area contributed by atoms with E-state index in [0.29, 0.717) is 28.9 Å². The van der Waals surface area contributed by atoms with Crippen LogP contribution in [0.25, 0.3) is 0 Å². The molecule has 0 N–H and O–H groups in total. The third kappa shape index (κ3) is 3.48. The second kappa shape index (κ2) is 6.98. The molecule has 0 saturated carbocycles. The average molecular weight is 346 g/mol. The molecule has 0 bridgehead atoms. The predicted molar refractivity (Wildman–Crippen MR) is 96.6 cm³/mol. The van der Waals surface area contributed by atoms with Crippen LogP contribution in [0.4, 0.5) is 0 Å². The summed E-state index contributed by atoms with van der Waals surface area (Å²) in [7, 11) is 0. The van der Waals surface area contributed by atoms with Crippen molar-refractivity contribution in [1.82, 2.24) is 14.7 Å². The van der Waals surface area contributed by atoms with Crippen molar-refractivity contribution >= 4 is 17.5 Å². The van der Waals surface area contributed by atoms with E-state index in [1.54, 1.807) is 4.68 Å². The lowest BCUT2D eigenvalue weighted by molar-refractivity contribution is 0.0696. The van der Waals surface area contributed by atoms with Crippen molar-refractivity contribution in [1.29, 1.82) is 0 Å². The molecule has 1 amide bonds. The second-order valence-corrected chi connectivity index (χ2v) is 7.23. The normalized spacial score (nSPS) is 15.8. The third-order valence-electron chi connectivity index (χ3n) is 4.80. The highest BCUT2D eigenvalue weighted by atomic mass is 35.5. The van der Waals surface area contributed by atoms with Gasteiger partial charge in [-0.05, 0) is 38.2 Å². The number of nitrogens with zero attached hydrogens (tertiary/aromatic N) is 3. The second-order valence-electron chi connectivity index (χ2n) is 6.87. The minimum Gasteiger partial charge on any atom is -0.338 e. The standard InChI is InChI=1S/C19H24ClN3O/c1-13-4-6-16(7-5-13)12-23-18(20)17(15(3)21-23)19(24)22-10-8-14(2)9-11-22/h4-7,14H,8-12H2,1-3H3. The third-order valence-corrected chi connectivity index (χ3v) is 5.19. The SMILES string of the molecule is Cc1ccc(Cn2nc(C)c(C(=O)N3CCC(C)CC3)c2Cl)cc1. The van der Waals surface area contributed by atoms with Gasteiger partial charge in [-0.1, -0.05) is 48.4 Å². The number of rotatable bonds is 3. The van der Waals surface area contributed by atoms with Gasteiger partial charge < -0.3 is 4.90 Å². The lowest BCUT2D eigenvalue weighted by atomic mass is 9.99. The van der Waals surface area contributed by atoms with Crippen molar-refractivity contribution in [2.24, 2.45) is 5.92 Å². The molecule has 1 aliphatic rings. The highest BCUT2D eigenvalue weighted by molar-refractivity contribution is 6.33. The van der Waals surface area contributed by atoms with E-state index >= 15 is 0 Å². The van der Waals surface area contributed by atoms with Gasteiger partial charge in [-0.3, -0.25) is 4.79 Å². The first-order valence-corrected chi connectivity index (χ1v) is 8.91. The molecule has 1 aromatic heterocycles. The highest BCUT2D eigenvalue weighted by Crippen LogP contribution is 2.25. The summed E-state index contributed by atoms with van der Waals surface area (Å²) in [6.45, 7) is 8.34. The molecule has 1 aromatic carbocycles. The van der Waals surface area contributed by atoms with E-state index in [-0.39, 0.29) is 5.91 Å². The summed E-state index contributed by atoms with van der Waals surface area (Å²) >= 11 is 6.51. The van der Waals surface area contributed by atoms with Crippen molar-refractivity contribution in [3.05, 3.63) is 51.8 Å². The number of piperidine rings is 1. The molecule has 24 heavy (non-hydrogen) atoms. The number of amides is 1. The molecule has 4 nitrogen and oxygen atoms in total. The van der Waals surface area contributed by atoms with Crippen LogP contribution in [0.15, 0.2) is 24.3 Å². The minimum absolute atomic E-state index is 0.0135. The van der Waals surface area contributed by atoms with Crippen LogP contribution in [-0.2, 0) is 6.54 Å². The van der Waals surface area contributed by atoms with Gasteiger partial charge in [0.15, 0.2) is 0 Å². The molecule has 0 atom stereocenters. The van der Waals surface area contributed by atoms with Gasteiger partial charge in [-0.25, -0.2) is 4.68 Å². The van der Waals surface area contributed by atoms with Gasteiger partial charge in [0.25, 0.3) is 5.91 Å². The quantitative estimate of drug-likeness (QED) is 0.840. The molecular formula is C19H24ClN3O. The molecule has 1 aliphatic heterocycles. The minimum atomic E-state index is 0.0135. The zero-order valence-corrected chi connectivity index (χ0v) is 15.3. The summed E-state index contributed by atoms with van der Waals surface area (Å²) in [5.41, 5.74) is 3.60. The number of benzene rings is 1. The maximum absolute atomic E-state index is 12.8. The monoisotopic (exact) mass is 345 g/mol. The fraction of sp³-hybridized carbons (Fsp3) is 0.474. The van der Waals surface area contributed by atoms with Gasteiger partial charge in [0, 0.05) is 13.1 Å². The first-order chi connectivity index (χ1) is 11.5. The molecule has 0 radical (unpaired) electrons. The van der Waals surface area contributed by atoms with E-state index in [4.69, 9.17) is 11.6 Å². The van der Waals surface area contributed by atoms with Gasteiger partial charge in [0.1, 0.15) is 5.15 Å². The van der Waals surface area contributed by atoms with E-state index in [2.05, 4.69) is 43.2 Å². The molecule has 5 heteroatoms. The van der Waals surface area contributed by atoms with E-state index in [1.165, 1.54) is 5.56 Å². The Bertz CT molecular complexity index is 728. The van der Waals surface area contributed by atoms with Crippen molar-refractivity contribution in [2.75, 3.05) is 13.1 Å². The number of aromatic nitrogens is 2. The maximum atomic E-state index is 12.8. The Balaban J connectivity index is 1.81. The average Bonchev–Trinajstić information content (AvgIpc) is 2.83. The lowest BCUT2D eigenvalue weighted by Crippen LogP contribution is -2.38. The van der Waals surface area contributed by atoms with Crippen molar-refractivity contribution in [2.45, 2.75) is 40.2 Å². The molecule has 3 rings (SSSR count). The summed E-state index contributed by atoms with van der Waals surface area (Å²) in [4.78, 5) is 14.8. The number of likely N-dealkylation sites (tertiary alicyclic amines) is 1. The van der Waals surface area contributed by atoms with Crippen LogP contribution in [0.5, 0.6) is 0 Å². The summed E-state index contributed by atoms with van der Waals surface area (Å²) < 4.78 is 1.72. The Labute approximate surface area is 148 Å². The van der Waals surface area contributed by atoms with Crippen molar-refractivity contribution in [3.8, 4) is 0 Å². The first kappa shape index (κ1) is 17.0. The highest BCUT2D eigenvalue weighted by Gasteiger charge is 2.27. The zero-order chi connectivity index (χ0) is 17.3. The number of carbonyl (C=O) groups excluding carboxylic acids is 1. The van der Waals surface area contributed by atoms with E-state index in [9.17, 15) is 4.79 Å². The largest absolute Gasteiger partial charge is 0.338 e. The number of hydrogen-bond donors (Lipinski definition) is 0. The Morgan fingerprint density at radius 3 is 2.46 bits per heavy atom. The Kier molecular flexibility index (Phi) is 4.95. The molecule has 0 spiro atoms. The van der Waals surface area contributed by atoms with Gasteiger partial charge in [-0.2, -0.15) is 5.10 Å². The topological polar surface area (TPSA) is 38.1 Å². The van der Waals surface area contributed by atoms with Crippen LogP contribution in [-0.4, -0.2) is 33.7 Å². The molecule has 0 unspecified atom stereocenters. The summed E-state index contributed by atoms with van der Waals surface area (Å²) in [6, 6.07) is 8.27. The zero-order valence-electron chi connectivity index (χ0n) is 14.6. The number of halogens is 1. The van der Waals surface area contributed by atoms with Gasteiger partial charge in [-0.15, -0.1) is 0 Å². The predicted octanol–water partition coefficient (Wildman–Crippen LogP) is 4.07. The number of hydrogen-bond acceptors (Lipinski definition) is 2. The summed E-state index contributed by atoms with van der Waals surface area (Å²) in [5.74, 6) is 0.703. The summed E-state index contributed by atoms with van der Waals surface area (Å²) in [6.07, 6.45) is 2.11. The molecule has 1 saturated heterocycles. The van der Waals surface area contributed by atoms with Gasteiger partial charge >= 0.3 is 0 Å². The van der Waals surface area contributed by atoms with E-state index in [0.717, 1.165) is 31.5 Å². The molecule has 2 heterocycles. The van der Waals surface area contributed by atoms with Crippen LogP contribution in [0, 0.1) is 19.8 Å². The molecule has 128 valence electrons. The van der Waals surface area contributed by atoms with Crippen LogP contribution >= 0.6 is 11.6 Å². The number of carbonyl (C=O) groups is 1. The Morgan fingerprint density at radius 2 is 1.83 bits per heavy atom. The fourth-order valence-electron chi connectivity index (χ4n) is 3.14.